The quantitative estimate of drug-likeness (QED) is 0.598. The Morgan fingerprint density at radius 3 is 2.94 bits per heavy atom. The largest absolute Gasteiger partial charge is 0.362 e. The minimum atomic E-state index is -0.262. The van der Waals surface area contributed by atoms with Gasteiger partial charge in [-0.1, -0.05) is 22.5 Å². The van der Waals surface area contributed by atoms with Crippen molar-refractivity contribution in [2.24, 2.45) is 0 Å². The third kappa shape index (κ3) is 1.20. The van der Waals surface area contributed by atoms with Gasteiger partial charge in [0, 0.05) is 6.07 Å². The summed E-state index contributed by atoms with van der Waals surface area (Å²) >= 11 is 0. The van der Waals surface area contributed by atoms with Crippen molar-refractivity contribution in [1.29, 1.82) is 0 Å². The molecule has 3 aromatic rings. The third-order valence-corrected chi connectivity index (χ3v) is 2.19. The predicted octanol–water partition coefficient (Wildman–Crippen LogP) is 0.769. The molecule has 3 rings (SSSR count). The first-order chi connectivity index (χ1) is 7.86. The average molecular weight is 214 g/mol. The van der Waals surface area contributed by atoms with E-state index in [0.29, 0.717) is 11.0 Å². The van der Waals surface area contributed by atoms with E-state index in [2.05, 4.69) is 15.5 Å². The lowest BCUT2D eigenvalue weighted by atomic mass is 10.3. The van der Waals surface area contributed by atoms with Crippen molar-refractivity contribution in [1.82, 2.24) is 20.2 Å². The van der Waals surface area contributed by atoms with E-state index < -0.39 is 0 Å². The number of hydrogen-bond acceptors (Lipinski definition) is 5. The number of benzene rings is 1. The molecule has 0 fully saturated rings. The van der Waals surface area contributed by atoms with Crippen LogP contribution in [-0.4, -0.2) is 20.2 Å². The monoisotopic (exact) mass is 214 g/mol. The first kappa shape index (κ1) is 8.78. The van der Waals surface area contributed by atoms with E-state index in [9.17, 15) is 4.79 Å². The van der Waals surface area contributed by atoms with Crippen LogP contribution in [-0.2, 0) is 0 Å². The zero-order valence-electron chi connectivity index (χ0n) is 8.07. The van der Waals surface area contributed by atoms with Crippen molar-refractivity contribution in [3.8, 4) is 5.82 Å². The number of fused-ring (bicyclic) bond motifs is 1. The van der Waals surface area contributed by atoms with Crippen LogP contribution < -0.4 is 5.43 Å². The Bertz CT molecular complexity index is 701. The van der Waals surface area contributed by atoms with Gasteiger partial charge >= 0.3 is 0 Å². The third-order valence-electron chi connectivity index (χ3n) is 2.19. The minimum absolute atomic E-state index is 0.108. The molecule has 16 heavy (non-hydrogen) atoms. The Labute approximate surface area is 89.1 Å². The van der Waals surface area contributed by atoms with Gasteiger partial charge in [0.2, 0.25) is 11.2 Å². The first-order valence-electron chi connectivity index (χ1n) is 4.62. The molecular weight excluding hydrogens is 208 g/mol. The van der Waals surface area contributed by atoms with Crippen molar-refractivity contribution in [2.45, 2.75) is 0 Å². The molecule has 0 saturated heterocycles. The molecule has 2 aromatic heterocycles. The second-order valence-electron chi connectivity index (χ2n) is 3.18. The van der Waals surface area contributed by atoms with Gasteiger partial charge < -0.3 is 4.52 Å². The maximum absolute atomic E-state index is 11.6. The number of rotatable bonds is 1. The Kier molecular flexibility index (Phi) is 1.79. The van der Waals surface area contributed by atoms with Gasteiger partial charge in [0.25, 0.3) is 0 Å². The van der Waals surface area contributed by atoms with Gasteiger partial charge in [0.1, 0.15) is 11.8 Å². The number of para-hydroxylation sites is 1. The van der Waals surface area contributed by atoms with E-state index in [0.717, 1.165) is 0 Å². The van der Waals surface area contributed by atoms with Gasteiger partial charge in [-0.05, 0) is 12.1 Å². The average Bonchev–Trinajstić information content (AvgIpc) is 2.74. The molecule has 0 unspecified atom stereocenters. The van der Waals surface area contributed by atoms with Crippen molar-refractivity contribution in [3.63, 3.8) is 0 Å². The first-order valence-corrected chi connectivity index (χ1v) is 4.62. The molecule has 6 heteroatoms. The van der Waals surface area contributed by atoms with Crippen LogP contribution >= 0.6 is 0 Å². The molecule has 0 amide bonds. The minimum Gasteiger partial charge on any atom is -0.362 e. The highest BCUT2D eigenvalue weighted by atomic mass is 16.5. The van der Waals surface area contributed by atoms with Crippen molar-refractivity contribution >= 4 is 11.0 Å². The van der Waals surface area contributed by atoms with E-state index in [1.165, 1.54) is 17.0 Å². The summed E-state index contributed by atoms with van der Waals surface area (Å²) in [6.45, 7) is 0. The molecule has 0 bridgehead atoms. The summed E-state index contributed by atoms with van der Waals surface area (Å²) in [5.74, 6) is 0.108. The molecule has 0 aliphatic rings. The molecule has 0 radical (unpaired) electrons. The standard InChI is InChI=1S/C10H6N4O2/c15-9-5-6-16-12-10(9)14-8-4-2-1-3-7(8)11-13-14/h1-6H. The second kappa shape index (κ2) is 3.27. The molecule has 78 valence electrons. The lowest BCUT2D eigenvalue weighted by molar-refractivity contribution is 0.390. The van der Waals surface area contributed by atoms with Crippen molar-refractivity contribution in [3.05, 3.63) is 46.8 Å². The van der Waals surface area contributed by atoms with Crippen LogP contribution in [0.5, 0.6) is 0 Å². The summed E-state index contributed by atoms with van der Waals surface area (Å²) < 4.78 is 6.09. The number of hydrogen-bond donors (Lipinski definition) is 0. The SMILES string of the molecule is O=c1cconc1-n1nnc2ccccc21. The van der Waals surface area contributed by atoms with Gasteiger partial charge in [-0.3, -0.25) is 4.79 Å². The highest BCUT2D eigenvalue weighted by Crippen LogP contribution is 2.11. The van der Waals surface area contributed by atoms with Crippen LogP contribution in [0.2, 0.25) is 0 Å². The van der Waals surface area contributed by atoms with Crippen LogP contribution in [0.25, 0.3) is 16.9 Å². The summed E-state index contributed by atoms with van der Waals surface area (Å²) in [5.41, 5.74) is 1.16. The molecule has 0 aliphatic heterocycles. The Hall–Kier alpha value is -2.50. The zero-order valence-corrected chi connectivity index (χ0v) is 8.07. The summed E-state index contributed by atoms with van der Waals surface area (Å²) in [5, 5.41) is 11.4. The molecule has 0 atom stereocenters. The van der Waals surface area contributed by atoms with E-state index in [-0.39, 0.29) is 11.2 Å². The van der Waals surface area contributed by atoms with Crippen LogP contribution in [0.1, 0.15) is 0 Å². The number of aromatic nitrogens is 4. The van der Waals surface area contributed by atoms with Gasteiger partial charge in [0.05, 0.1) is 5.52 Å². The molecule has 0 saturated carbocycles. The van der Waals surface area contributed by atoms with E-state index >= 15 is 0 Å². The maximum atomic E-state index is 11.6. The van der Waals surface area contributed by atoms with Crippen LogP contribution in [0.3, 0.4) is 0 Å². The van der Waals surface area contributed by atoms with Gasteiger partial charge in [-0.15, -0.1) is 5.10 Å². The Balaban J connectivity index is 2.35. The lowest BCUT2D eigenvalue weighted by Crippen LogP contribution is -2.13. The van der Waals surface area contributed by atoms with Crippen molar-refractivity contribution < 1.29 is 4.52 Å². The normalized spacial score (nSPS) is 10.8. The molecule has 0 N–H and O–H groups in total. The van der Waals surface area contributed by atoms with E-state index in [1.807, 2.05) is 24.3 Å². The molecule has 1 aromatic carbocycles. The van der Waals surface area contributed by atoms with Gasteiger partial charge in [-0.25, -0.2) is 0 Å². The smallest absolute Gasteiger partial charge is 0.243 e. The van der Waals surface area contributed by atoms with Crippen molar-refractivity contribution in [2.75, 3.05) is 0 Å². The highest BCUT2D eigenvalue weighted by Gasteiger charge is 2.10. The number of nitrogens with zero attached hydrogens (tertiary/aromatic N) is 4. The van der Waals surface area contributed by atoms with Crippen LogP contribution in [0.15, 0.2) is 45.9 Å². The highest BCUT2D eigenvalue weighted by molar-refractivity contribution is 5.75. The fourth-order valence-electron chi connectivity index (χ4n) is 1.46. The zero-order chi connectivity index (χ0) is 11.0. The van der Waals surface area contributed by atoms with Gasteiger partial charge in [0.15, 0.2) is 0 Å². The van der Waals surface area contributed by atoms with Crippen LogP contribution in [0.4, 0.5) is 0 Å². The summed E-state index contributed by atoms with van der Waals surface area (Å²) in [6, 6.07) is 8.60. The molecule has 0 aliphatic carbocycles. The topological polar surface area (TPSA) is 73.8 Å². The Morgan fingerprint density at radius 1 is 1.19 bits per heavy atom. The maximum Gasteiger partial charge on any atom is 0.243 e. The van der Waals surface area contributed by atoms with E-state index in [4.69, 9.17) is 4.52 Å². The fraction of sp³-hybridized carbons (Fsp3) is 0. The lowest BCUT2D eigenvalue weighted by Gasteiger charge is -1.96. The predicted molar refractivity (Wildman–Crippen MR) is 55.2 cm³/mol. The molecular formula is C10H6N4O2. The molecule has 2 heterocycles. The summed E-state index contributed by atoms with van der Waals surface area (Å²) in [6.07, 6.45) is 1.23. The van der Waals surface area contributed by atoms with Crippen LogP contribution in [0, 0.1) is 0 Å². The fourth-order valence-corrected chi connectivity index (χ4v) is 1.46. The Morgan fingerprint density at radius 2 is 2.06 bits per heavy atom. The molecule has 0 spiro atoms. The second-order valence-corrected chi connectivity index (χ2v) is 3.18. The van der Waals surface area contributed by atoms with Gasteiger partial charge in [-0.2, -0.15) is 4.68 Å². The molecule has 6 nitrogen and oxygen atoms in total. The summed E-state index contributed by atoms with van der Waals surface area (Å²) in [7, 11) is 0. The van der Waals surface area contributed by atoms with E-state index in [1.54, 1.807) is 0 Å². The summed E-state index contributed by atoms with van der Waals surface area (Å²) in [4.78, 5) is 11.6.